The van der Waals surface area contributed by atoms with Crippen molar-refractivity contribution in [3.63, 3.8) is 0 Å². The molecule has 2 aromatic rings. The molecule has 2 rings (SSSR count). The van der Waals surface area contributed by atoms with Crippen molar-refractivity contribution in [2.24, 2.45) is 0 Å². The Morgan fingerprint density at radius 2 is 1.67 bits per heavy atom. The molecule has 1 amide bonds. The van der Waals surface area contributed by atoms with Crippen LogP contribution in [0.25, 0.3) is 0 Å². The highest BCUT2D eigenvalue weighted by molar-refractivity contribution is 5.96. The molecule has 27 heavy (non-hydrogen) atoms. The minimum atomic E-state index is -0.964. The molecule has 0 aliphatic rings. The second-order valence-corrected chi connectivity index (χ2v) is 6.33. The molecule has 0 aliphatic carbocycles. The zero-order valence-corrected chi connectivity index (χ0v) is 16.0. The van der Waals surface area contributed by atoms with E-state index < -0.39 is 18.0 Å². The predicted molar refractivity (Wildman–Crippen MR) is 103 cm³/mol. The van der Waals surface area contributed by atoms with Gasteiger partial charge in [0.25, 0.3) is 5.91 Å². The second kappa shape index (κ2) is 9.62. The van der Waals surface area contributed by atoms with Crippen LogP contribution in [-0.2, 0) is 14.3 Å². The molecule has 2 aromatic carbocycles. The Labute approximate surface area is 159 Å². The smallest absolute Gasteiger partial charge is 0.344 e. The molecule has 6 heteroatoms. The van der Waals surface area contributed by atoms with Gasteiger partial charge < -0.3 is 19.5 Å². The molecule has 0 heterocycles. The Morgan fingerprint density at radius 1 is 1.00 bits per heavy atom. The van der Waals surface area contributed by atoms with Gasteiger partial charge in [-0.25, -0.2) is 4.79 Å². The Balaban J connectivity index is 1.83. The third kappa shape index (κ3) is 6.02. The standard InChI is InChI=1S/C21H25NO5/c1-14(2)16-9-11-17(12-10-16)26-13-20(23)27-15(3)21(24)22-18-7-5-6-8-19(18)25-4/h5-12,14-15H,13H2,1-4H3,(H,22,24). The molecule has 1 atom stereocenters. The van der Waals surface area contributed by atoms with Crippen LogP contribution in [0.3, 0.4) is 0 Å². The van der Waals surface area contributed by atoms with Crippen LogP contribution in [0, 0.1) is 0 Å². The Bertz CT molecular complexity index is 770. The number of anilines is 1. The van der Waals surface area contributed by atoms with Crippen molar-refractivity contribution in [3.05, 3.63) is 54.1 Å². The summed E-state index contributed by atoms with van der Waals surface area (Å²) >= 11 is 0. The highest BCUT2D eigenvalue weighted by Gasteiger charge is 2.19. The number of methoxy groups -OCH3 is 1. The summed E-state index contributed by atoms with van der Waals surface area (Å²) in [5.41, 5.74) is 1.70. The minimum Gasteiger partial charge on any atom is -0.495 e. The maximum absolute atomic E-state index is 12.2. The molecule has 0 bridgehead atoms. The molecule has 0 saturated carbocycles. The van der Waals surface area contributed by atoms with E-state index in [1.165, 1.54) is 19.6 Å². The average molecular weight is 371 g/mol. The van der Waals surface area contributed by atoms with Crippen molar-refractivity contribution in [1.29, 1.82) is 0 Å². The number of amides is 1. The summed E-state index contributed by atoms with van der Waals surface area (Å²) in [4.78, 5) is 24.1. The van der Waals surface area contributed by atoms with Crippen molar-refractivity contribution in [3.8, 4) is 11.5 Å². The third-order valence-electron chi connectivity index (χ3n) is 3.95. The van der Waals surface area contributed by atoms with Crippen LogP contribution < -0.4 is 14.8 Å². The molecule has 144 valence electrons. The molecular weight excluding hydrogens is 346 g/mol. The van der Waals surface area contributed by atoms with E-state index >= 15 is 0 Å². The highest BCUT2D eigenvalue weighted by Crippen LogP contribution is 2.23. The van der Waals surface area contributed by atoms with Gasteiger partial charge in [0.1, 0.15) is 11.5 Å². The van der Waals surface area contributed by atoms with Crippen LogP contribution in [0.4, 0.5) is 5.69 Å². The van der Waals surface area contributed by atoms with Crippen LogP contribution >= 0.6 is 0 Å². The Morgan fingerprint density at radius 3 is 2.30 bits per heavy atom. The predicted octanol–water partition coefficient (Wildman–Crippen LogP) is 3.77. The first-order valence-electron chi connectivity index (χ1n) is 8.76. The summed E-state index contributed by atoms with van der Waals surface area (Å²) in [6.07, 6.45) is -0.964. The number of carbonyl (C=O) groups is 2. The summed E-state index contributed by atoms with van der Waals surface area (Å²) in [5, 5.41) is 2.68. The third-order valence-corrected chi connectivity index (χ3v) is 3.95. The zero-order valence-electron chi connectivity index (χ0n) is 16.0. The number of nitrogens with one attached hydrogen (secondary N) is 1. The van der Waals surface area contributed by atoms with Crippen LogP contribution in [0.5, 0.6) is 11.5 Å². The number of carbonyl (C=O) groups excluding carboxylic acids is 2. The number of hydrogen-bond donors (Lipinski definition) is 1. The van der Waals surface area contributed by atoms with E-state index in [1.54, 1.807) is 36.4 Å². The van der Waals surface area contributed by atoms with Crippen molar-refractivity contribution < 1.29 is 23.8 Å². The van der Waals surface area contributed by atoms with Crippen molar-refractivity contribution in [2.45, 2.75) is 32.8 Å². The number of para-hydroxylation sites is 2. The molecular formula is C21H25NO5. The summed E-state index contributed by atoms with van der Waals surface area (Å²) in [5.74, 6) is 0.450. The van der Waals surface area contributed by atoms with Crippen LogP contribution in [0.1, 0.15) is 32.3 Å². The quantitative estimate of drug-likeness (QED) is 0.715. The van der Waals surface area contributed by atoms with Crippen molar-refractivity contribution >= 4 is 17.6 Å². The van der Waals surface area contributed by atoms with Gasteiger partial charge >= 0.3 is 5.97 Å². The number of hydrogen-bond acceptors (Lipinski definition) is 5. The van der Waals surface area contributed by atoms with Gasteiger partial charge in [0, 0.05) is 0 Å². The van der Waals surface area contributed by atoms with E-state index in [9.17, 15) is 9.59 Å². The lowest BCUT2D eigenvalue weighted by Gasteiger charge is -2.15. The molecule has 1 N–H and O–H groups in total. The van der Waals surface area contributed by atoms with Gasteiger partial charge in [0.15, 0.2) is 12.7 Å². The van der Waals surface area contributed by atoms with Gasteiger partial charge in [-0.05, 0) is 42.7 Å². The monoisotopic (exact) mass is 371 g/mol. The molecule has 0 saturated heterocycles. The van der Waals surface area contributed by atoms with Crippen LogP contribution in [0.2, 0.25) is 0 Å². The van der Waals surface area contributed by atoms with Gasteiger partial charge in [-0.15, -0.1) is 0 Å². The van der Waals surface area contributed by atoms with Gasteiger partial charge in [-0.3, -0.25) is 4.79 Å². The van der Waals surface area contributed by atoms with E-state index in [4.69, 9.17) is 14.2 Å². The highest BCUT2D eigenvalue weighted by atomic mass is 16.6. The average Bonchev–Trinajstić information content (AvgIpc) is 2.67. The summed E-state index contributed by atoms with van der Waals surface area (Å²) in [7, 11) is 1.51. The van der Waals surface area contributed by atoms with Gasteiger partial charge in [0.2, 0.25) is 0 Å². The van der Waals surface area contributed by atoms with Crippen molar-refractivity contribution in [1.82, 2.24) is 0 Å². The van der Waals surface area contributed by atoms with E-state index in [0.29, 0.717) is 23.1 Å². The van der Waals surface area contributed by atoms with E-state index in [0.717, 1.165) is 0 Å². The summed E-state index contributed by atoms with van der Waals surface area (Å²) < 4.78 is 15.7. The first-order chi connectivity index (χ1) is 12.9. The molecule has 0 aromatic heterocycles. The van der Waals surface area contributed by atoms with Crippen molar-refractivity contribution in [2.75, 3.05) is 19.0 Å². The fourth-order valence-corrected chi connectivity index (χ4v) is 2.36. The maximum Gasteiger partial charge on any atom is 0.344 e. The normalized spacial score (nSPS) is 11.6. The lowest BCUT2D eigenvalue weighted by molar-refractivity contribution is -0.155. The number of benzene rings is 2. The number of esters is 1. The summed E-state index contributed by atoms with van der Waals surface area (Å²) in [6, 6.07) is 14.5. The molecule has 1 unspecified atom stereocenters. The molecule has 0 aliphatic heterocycles. The molecule has 0 radical (unpaired) electrons. The SMILES string of the molecule is COc1ccccc1NC(=O)C(C)OC(=O)COc1ccc(C(C)C)cc1. The maximum atomic E-state index is 12.2. The first-order valence-corrected chi connectivity index (χ1v) is 8.76. The fourth-order valence-electron chi connectivity index (χ4n) is 2.36. The summed E-state index contributed by atoms with van der Waals surface area (Å²) in [6.45, 7) is 5.43. The second-order valence-electron chi connectivity index (χ2n) is 6.33. The fraction of sp³-hybridized carbons (Fsp3) is 0.333. The number of rotatable bonds is 8. The Hall–Kier alpha value is -3.02. The lowest BCUT2D eigenvalue weighted by Crippen LogP contribution is -2.31. The number of ether oxygens (including phenoxy) is 3. The lowest BCUT2D eigenvalue weighted by atomic mass is 10.0. The van der Waals surface area contributed by atoms with Gasteiger partial charge in [0.05, 0.1) is 12.8 Å². The van der Waals surface area contributed by atoms with E-state index in [1.807, 2.05) is 12.1 Å². The van der Waals surface area contributed by atoms with Gasteiger partial charge in [-0.1, -0.05) is 38.1 Å². The molecule has 0 spiro atoms. The first kappa shape index (κ1) is 20.3. The minimum absolute atomic E-state index is 0.271. The van der Waals surface area contributed by atoms with E-state index in [2.05, 4.69) is 19.2 Å². The topological polar surface area (TPSA) is 73.9 Å². The van der Waals surface area contributed by atoms with Crippen LogP contribution in [-0.4, -0.2) is 31.7 Å². The van der Waals surface area contributed by atoms with E-state index in [-0.39, 0.29) is 6.61 Å². The molecule has 0 fully saturated rings. The van der Waals surface area contributed by atoms with Gasteiger partial charge in [-0.2, -0.15) is 0 Å². The molecule has 6 nitrogen and oxygen atoms in total. The largest absolute Gasteiger partial charge is 0.495 e. The zero-order chi connectivity index (χ0) is 19.8. The Kier molecular flexibility index (Phi) is 7.23. The van der Waals surface area contributed by atoms with Crippen LogP contribution in [0.15, 0.2) is 48.5 Å².